The number of H-pyrrole nitrogens is 2. The van der Waals surface area contributed by atoms with E-state index in [4.69, 9.17) is 22.6 Å². The van der Waals surface area contributed by atoms with Crippen LogP contribution in [-0.2, 0) is 11.3 Å². The molecule has 0 fully saturated rings. The molecule has 0 amide bonds. The number of nitrogens with two attached hydrogens (primary N) is 3. The molecule has 3 aromatic heterocycles. The molecule has 0 aliphatic carbocycles. The summed E-state index contributed by atoms with van der Waals surface area (Å²) in [7, 11) is 3.13. The second-order valence-electron chi connectivity index (χ2n) is 9.98. The van der Waals surface area contributed by atoms with E-state index in [1.807, 2.05) is 0 Å². The predicted octanol–water partition coefficient (Wildman–Crippen LogP) is -3.57. The number of nitrogens with zero attached hydrogens (tertiary/aromatic N) is 7. The molecule has 45 heavy (non-hydrogen) atoms. The summed E-state index contributed by atoms with van der Waals surface area (Å²) in [5.74, 6) is -1.03. The second kappa shape index (κ2) is 13.7. The van der Waals surface area contributed by atoms with Gasteiger partial charge in [-0.1, -0.05) is 0 Å². The number of carboxylic acid groups (broad SMARTS) is 1. The van der Waals surface area contributed by atoms with Crippen molar-refractivity contribution in [3.63, 3.8) is 0 Å². The number of carboxylic acids is 1. The van der Waals surface area contributed by atoms with Crippen molar-refractivity contribution in [2.75, 3.05) is 68.2 Å². The van der Waals surface area contributed by atoms with Crippen LogP contribution >= 0.6 is 0 Å². The number of nitrogens with one attached hydrogen (secondary N) is 6. The molecule has 13 N–H and O–H groups in total. The van der Waals surface area contributed by atoms with E-state index in [-0.39, 0.29) is 97.7 Å². The van der Waals surface area contributed by atoms with E-state index in [1.54, 1.807) is 16.8 Å². The Labute approximate surface area is 254 Å². The Bertz CT molecular complexity index is 1800. The third-order valence-electron chi connectivity index (χ3n) is 7.16. The number of fused-ring (bicyclic) bond motifs is 2. The van der Waals surface area contributed by atoms with Crippen LogP contribution in [0.25, 0.3) is 11.0 Å². The van der Waals surface area contributed by atoms with Crippen molar-refractivity contribution in [2.24, 2.45) is 16.5 Å². The molecule has 21 nitrogen and oxygen atoms in total. The normalized spacial score (nSPS) is 13.3. The quantitative estimate of drug-likeness (QED) is 0.0469. The molecule has 0 saturated heterocycles. The third-order valence-corrected chi connectivity index (χ3v) is 7.16. The maximum absolute atomic E-state index is 13.0. The van der Waals surface area contributed by atoms with Gasteiger partial charge < -0.3 is 43.2 Å². The lowest BCUT2D eigenvalue weighted by molar-refractivity contribution is -0.143. The summed E-state index contributed by atoms with van der Waals surface area (Å²) in [6.45, 7) is 0.554. The molecule has 0 aromatic carbocycles. The van der Waals surface area contributed by atoms with Gasteiger partial charge in [-0.2, -0.15) is 15.0 Å². The summed E-state index contributed by atoms with van der Waals surface area (Å²) in [5, 5.41) is 25.7. The van der Waals surface area contributed by atoms with Gasteiger partial charge in [0.2, 0.25) is 11.9 Å². The number of hydrogen-bond donors (Lipinski definition) is 10. The van der Waals surface area contributed by atoms with Crippen LogP contribution in [0.1, 0.15) is 18.4 Å². The van der Waals surface area contributed by atoms with Crippen LogP contribution in [0.15, 0.2) is 19.4 Å². The van der Waals surface area contributed by atoms with Crippen molar-refractivity contribution in [1.82, 2.24) is 39.7 Å². The van der Waals surface area contributed by atoms with Crippen molar-refractivity contribution >= 4 is 52.3 Å². The van der Waals surface area contributed by atoms with Gasteiger partial charge in [0.1, 0.15) is 35.3 Å². The Morgan fingerprint density at radius 2 is 1.73 bits per heavy atom. The topological polar surface area (TPSA) is 321 Å². The molecule has 21 heteroatoms. The number of aliphatic imine (C=N–C) groups is 1. The molecule has 1 aliphatic rings. The van der Waals surface area contributed by atoms with E-state index < -0.39 is 28.8 Å². The summed E-state index contributed by atoms with van der Waals surface area (Å²) in [5.41, 5.74) is 15.4. The van der Waals surface area contributed by atoms with E-state index in [0.29, 0.717) is 6.42 Å². The number of rotatable bonds is 14. The molecule has 4 rings (SSSR count). The average Bonchev–Trinajstić information content (AvgIpc) is 2.98. The number of aromatic nitrogens is 6. The number of carbonyl (C=O) groups is 1. The first-order valence-corrected chi connectivity index (χ1v) is 13.8. The average molecular weight is 629 g/mol. The number of aliphatic carboxylic acids is 1. The Balaban J connectivity index is 1.67. The zero-order valence-corrected chi connectivity index (χ0v) is 24.7. The first-order chi connectivity index (χ1) is 21.4. The number of amidine groups is 1. The highest BCUT2D eigenvalue weighted by atomic mass is 16.4. The molecule has 0 unspecified atom stereocenters. The second-order valence-corrected chi connectivity index (χ2v) is 9.98. The first-order valence-electron chi connectivity index (χ1n) is 13.8. The maximum atomic E-state index is 13.0. The van der Waals surface area contributed by atoms with Crippen molar-refractivity contribution in [3.8, 4) is 0 Å². The van der Waals surface area contributed by atoms with Gasteiger partial charge in [0, 0.05) is 46.8 Å². The highest BCUT2D eigenvalue weighted by Crippen LogP contribution is 2.20. The lowest BCUT2D eigenvalue weighted by Gasteiger charge is -2.33. The zero-order valence-electron chi connectivity index (χ0n) is 24.7. The molecule has 1 atom stereocenters. The molecule has 1 aliphatic heterocycles. The van der Waals surface area contributed by atoms with Gasteiger partial charge in [0.05, 0.1) is 0 Å². The monoisotopic (exact) mass is 628 g/mol. The Hall–Kier alpha value is -5.73. The molecular formula is C24H36N16O5. The van der Waals surface area contributed by atoms with Crippen LogP contribution < -0.4 is 54.9 Å². The Kier molecular flexibility index (Phi) is 9.81. The maximum Gasteiger partial charge on any atom is 0.351 e. The van der Waals surface area contributed by atoms with Crippen molar-refractivity contribution in [3.05, 3.63) is 36.8 Å². The predicted molar refractivity (Wildman–Crippen MR) is 168 cm³/mol. The number of anilines is 4. The third kappa shape index (κ3) is 7.09. The number of aromatic amines is 2. The van der Waals surface area contributed by atoms with Crippen molar-refractivity contribution < 1.29 is 9.90 Å². The molecule has 0 saturated carbocycles. The lowest BCUT2D eigenvalue weighted by atomic mass is 10.1. The fourth-order valence-corrected chi connectivity index (χ4v) is 4.92. The van der Waals surface area contributed by atoms with Crippen LogP contribution in [0.3, 0.4) is 0 Å². The van der Waals surface area contributed by atoms with Crippen LogP contribution in [0.5, 0.6) is 0 Å². The van der Waals surface area contributed by atoms with Crippen LogP contribution in [0.4, 0.5) is 23.5 Å². The van der Waals surface area contributed by atoms with E-state index in [0.717, 1.165) is 4.57 Å². The summed E-state index contributed by atoms with van der Waals surface area (Å²) in [6, 6.07) is -1.04. The van der Waals surface area contributed by atoms with E-state index >= 15 is 0 Å². The first kappa shape index (κ1) is 32.2. The molecule has 0 spiro atoms. The van der Waals surface area contributed by atoms with Gasteiger partial charge in [-0.15, -0.1) is 0 Å². The molecule has 0 radical (unpaired) electrons. The molecule has 3 aromatic rings. The van der Waals surface area contributed by atoms with Crippen molar-refractivity contribution in [2.45, 2.75) is 25.4 Å². The van der Waals surface area contributed by atoms with Crippen LogP contribution in [-0.4, -0.2) is 110 Å². The summed E-state index contributed by atoms with van der Waals surface area (Å²) in [6.07, 6.45) is 0.522. The van der Waals surface area contributed by atoms with Gasteiger partial charge >= 0.3 is 11.7 Å². The Morgan fingerprint density at radius 3 is 2.40 bits per heavy atom. The van der Waals surface area contributed by atoms with Gasteiger partial charge in [-0.05, 0) is 12.8 Å². The smallest absolute Gasteiger partial charge is 0.351 e. The van der Waals surface area contributed by atoms with Gasteiger partial charge in [0.15, 0.2) is 17.4 Å². The van der Waals surface area contributed by atoms with E-state index in [1.165, 1.54) is 7.05 Å². The lowest BCUT2D eigenvalue weighted by Crippen LogP contribution is -2.48. The zero-order chi connectivity index (χ0) is 32.8. The number of hydrogen-bond acceptors (Lipinski definition) is 15. The number of nitrogen functional groups attached to an aromatic ring is 1. The fourth-order valence-electron chi connectivity index (χ4n) is 4.92. The number of guanidine groups is 1. The minimum atomic E-state index is -1.12. The summed E-state index contributed by atoms with van der Waals surface area (Å²) >= 11 is 0. The summed E-state index contributed by atoms with van der Waals surface area (Å²) in [4.78, 5) is 76.1. The van der Waals surface area contributed by atoms with Crippen molar-refractivity contribution in [1.29, 1.82) is 5.41 Å². The van der Waals surface area contributed by atoms with Crippen LogP contribution in [0, 0.1) is 5.41 Å². The van der Waals surface area contributed by atoms with E-state index in [2.05, 4.69) is 45.9 Å². The molecule has 4 heterocycles. The summed E-state index contributed by atoms with van der Waals surface area (Å²) < 4.78 is 1.16. The molecular weight excluding hydrogens is 592 g/mol. The molecule has 0 bridgehead atoms. The fraction of sp³-hybridized carbons (Fsp3) is 0.458. The highest BCUT2D eigenvalue weighted by Gasteiger charge is 2.29. The SMILES string of the molecule is CNc1nc2c(c(=O)[nH]1)C(N)=NCN2CCN(CCn1c(=O)nc(N)c2c(=O)[nH]c(NC)nc21)[C@@H](CCCNC(=N)N)C(=O)O. The van der Waals surface area contributed by atoms with E-state index in [9.17, 15) is 24.3 Å². The minimum Gasteiger partial charge on any atom is -0.480 e. The van der Waals surface area contributed by atoms with Gasteiger partial charge in [-0.3, -0.25) is 39.2 Å². The van der Waals surface area contributed by atoms with Gasteiger partial charge in [0.25, 0.3) is 11.1 Å². The largest absolute Gasteiger partial charge is 0.480 e. The Morgan fingerprint density at radius 1 is 1.07 bits per heavy atom. The highest BCUT2D eigenvalue weighted by molar-refractivity contribution is 6.02. The van der Waals surface area contributed by atoms with Gasteiger partial charge in [-0.25, -0.2) is 9.79 Å². The van der Waals surface area contributed by atoms with Crippen LogP contribution in [0.2, 0.25) is 0 Å². The standard InChI is InChI=1S/C24H36N16O5/c1-29-22-34-16-12(18(41)36-22)14(25)32-10-39(16)7-6-38(11(20(43)44)4-3-5-31-21(27)28)8-9-40-17-13(15(26)33-24(40)45)19(42)37-23(30-2)35-17/h11H,3-10H2,1-2H3,(H2,25,32)(H,43,44)(H2,26,33,45)(H4,27,28,31)(H2,29,34,36,41)(H2,30,35,37,42)/t11-/m0/s1. The molecule has 242 valence electrons. The minimum absolute atomic E-state index is 0.0117.